The third-order valence-corrected chi connectivity index (χ3v) is 8.25. The van der Waals surface area contributed by atoms with E-state index in [1.54, 1.807) is 30.3 Å². The Morgan fingerprint density at radius 3 is 2.52 bits per heavy atom. The predicted octanol–water partition coefficient (Wildman–Crippen LogP) is 4.20. The number of rotatable bonds is 6. The van der Waals surface area contributed by atoms with Crippen LogP contribution in [0, 0.1) is 6.92 Å². The van der Waals surface area contributed by atoms with Gasteiger partial charge in [-0.3, -0.25) is 14.7 Å². The summed E-state index contributed by atoms with van der Waals surface area (Å²) in [6, 6.07) is 15.2. The topological polar surface area (TPSA) is 97.0 Å². The van der Waals surface area contributed by atoms with Crippen LogP contribution in [0.1, 0.15) is 11.1 Å². The standard InChI is InChI=1S/C22H17ClN2O4S2/c1-13-2-7-17-18(10-13)24-25-21(22(17)27)15-5-3-14(4-6-15)11-16(26)12-31(28,29)20-9-8-19(23)30-20/h2-10H,11-12H2,1H3,(H,24,27). The molecule has 31 heavy (non-hydrogen) atoms. The van der Waals surface area contributed by atoms with Gasteiger partial charge in [0.1, 0.15) is 15.7 Å². The minimum Gasteiger partial charge on any atom is -0.298 e. The van der Waals surface area contributed by atoms with E-state index in [1.165, 1.54) is 12.1 Å². The molecule has 158 valence electrons. The zero-order valence-corrected chi connectivity index (χ0v) is 18.8. The molecule has 0 aliphatic heterocycles. The number of nitrogens with one attached hydrogen (secondary N) is 1. The van der Waals surface area contributed by atoms with E-state index in [1.807, 2.05) is 19.1 Å². The monoisotopic (exact) mass is 472 g/mol. The van der Waals surface area contributed by atoms with Crippen molar-refractivity contribution in [3.8, 4) is 11.3 Å². The van der Waals surface area contributed by atoms with Gasteiger partial charge in [0, 0.05) is 17.4 Å². The lowest BCUT2D eigenvalue weighted by molar-refractivity contribution is -0.116. The van der Waals surface area contributed by atoms with Crippen LogP contribution in [-0.4, -0.2) is 30.2 Å². The summed E-state index contributed by atoms with van der Waals surface area (Å²) in [7, 11) is -3.71. The molecule has 2 heterocycles. The Morgan fingerprint density at radius 1 is 1.10 bits per heavy atom. The summed E-state index contributed by atoms with van der Waals surface area (Å²) < 4.78 is 25.1. The number of benzene rings is 2. The molecule has 9 heteroatoms. The fourth-order valence-corrected chi connectivity index (χ4v) is 6.06. The van der Waals surface area contributed by atoms with Crippen molar-refractivity contribution in [2.45, 2.75) is 17.6 Å². The molecule has 0 saturated carbocycles. The van der Waals surface area contributed by atoms with Crippen LogP contribution in [0.25, 0.3) is 22.2 Å². The average molecular weight is 473 g/mol. The van der Waals surface area contributed by atoms with Crippen LogP contribution in [0.15, 0.2) is 63.6 Å². The first kappa shape index (κ1) is 21.4. The Labute approximate surface area is 187 Å². The molecule has 0 aliphatic rings. The molecule has 4 aromatic rings. The summed E-state index contributed by atoms with van der Waals surface area (Å²) in [6.07, 6.45) is -0.0284. The van der Waals surface area contributed by atoms with Gasteiger partial charge in [-0.2, -0.15) is 5.10 Å². The van der Waals surface area contributed by atoms with Crippen molar-refractivity contribution in [1.82, 2.24) is 10.2 Å². The molecule has 1 N–H and O–H groups in total. The number of carbonyl (C=O) groups excluding carboxylic acids is 1. The van der Waals surface area contributed by atoms with Crippen LogP contribution in [0.4, 0.5) is 0 Å². The molecule has 0 radical (unpaired) electrons. The second-order valence-corrected chi connectivity index (χ2v) is 11.1. The number of ketones is 1. The van der Waals surface area contributed by atoms with Gasteiger partial charge in [0.2, 0.25) is 5.43 Å². The highest BCUT2D eigenvalue weighted by molar-refractivity contribution is 7.94. The van der Waals surface area contributed by atoms with Gasteiger partial charge in [0.05, 0.1) is 9.85 Å². The van der Waals surface area contributed by atoms with E-state index in [0.717, 1.165) is 16.9 Å². The fraction of sp³-hybridized carbons (Fsp3) is 0.136. The molecule has 4 rings (SSSR count). The number of nitrogens with zero attached hydrogens (tertiary/aromatic N) is 1. The number of aromatic amines is 1. The highest BCUT2D eigenvalue weighted by atomic mass is 35.5. The normalized spacial score (nSPS) is 11.7. The first-order valence-corrected chi connectivity index (χ1v) is 12.2. The molecule has 0 aliphatic carbocycles. The van der Waals surface area contributed by atoms with Crippen molar-refractivity contribution in [2.75, 3.05) is 5.75 Å². The number of hydrogen-bond donors (Lipinski definition) is 1. The third kappa shape index (κ3) is 4.61. The number of halogens is 1. The van der Waals surface area contributed by atoms with Crippen molar-refractivity contribution in [2.24, 2.45) is 0 Å². The van der Waals surface area contributed by atoms with Gasteiger partial charge >= 0.3 is 0 Å². The SMILES string of the molecule is Cc1ccc2c(=O)c(-c3ccc(CC(=O)CS(=O)(=O)c4ccc(Cl)s4)cc3)n[nH]c2c1. The number of carbonyl (C=O) groups is 1. The maximum atomic E-state index is 12.8. The molecule has 0 bridgehead atoms. The number of H-pyrrole nitrogens is 1. The Balaban J connectivity index is 1.52. The van der Waals surface area contributed by atoms with Crippen LogP contribution in [0.2, 0.25) is 4.34 Å². The van der Waals surface area contributed by atoms with Crippen LogP contribution in [0.3, 0.4) is 0 Å². The lowest BCUT2D eigenvalue weighted by Crippen LogP contribution is -2.17. The Hall–Kier alpha value is -2.81. The van der Waals surface area contributed by atoms with Crippen molar-refractivity contribution in [3.63, 3.8) is 0 Å². The smallest absolute Gasteiger partial charge is 0.215 e. The number of aromatic nitrogens is 2. The molecule has 0 saturated heterocycles. The second kappa shape index (κ2) is 8.37. The highest BCUT2D eigenvalue weighted by Crippen LogP contribution is 2.26. The minimum atomic E-state index is -3.71. The summed E-state index contributed by atoms with van der Waals surface area (Å²) in [5.74, 6) is -1.01. The van der Waals surface area contributed by atoms with Crippen LogP contribution >= 0.6 is 22.9 Å². The number of thiophene rings is 1. The number of hydrogen-bond acceptors (Lipinski definition) is 6. The summed E-state index contributed by atoms with van der Waals surface area (Å²) in [5, 5.41) is 7.66. The van der Waals surface area contributed by atoms with E-state index in [4.69, 9.17) is 11.6 Å². The molecule has 0 spiro atoms. The first-order valence-electron chi connectivity index (χ1n) is 9.31. The maximum Gasteiger partial charge on any atom is 0.215 e. The van der Waals surface area contributed by atoms with E-state index in [2.05, 4.69) is 10.2 Å². The molecule has 2 aromatic carbocycles. The summed E-state index contributed by atoms with van der Waals surface area (Å²) in [4.78, 5) is 25.1. The number of sulfone groups is 1. The number of fused-ring (bicyclic) bond motifs is 1. The van der Waals surface area contributed by atoms with Crippen molar-refractivity contribution in [1.29, 1.82) is 0 Å². The zero-order chi connectivity index (χ0) is 22.2. The Kier molecular flexibility index (Phi) is 5.79. The van der Waals surface area contributed by atoms with Gasteiger partial charge in [0.25, 0.3) is 0 Å². The summed E-state index contributed by atoms with van der Waals surface area (Å²) in [6.45, 7) is 1.94. The molecule has 2 aromatic heterocycles. The largest absolute Gasteiger partial charge is 0.298 e. The van der Waals surface area contributed by atoms with E-state index in [0.29, 0.717) is 26.4 Å². The van der Waals surface area contributed by atoms with Crippen molar-refractivity contribution >= 4 is 49.5 Å². The quantitative estimate of drug-likeness (QED) is 0.453. The Morgan fingerprint density at radius 2 is 1.84 bits per heavy atom. The molecule has 0 amide bonds. The Bertz CT molecular complexity index is 1460. The van der Waals surface area contributed by atoms with Gasteiger partial charge in [-0.1, -0.05) is 41.9 Å². The van der Waals surface area contributed by atoms with Crippen molar-refractivity contribution < 1.29 is 13.2 Å². The lowest BCUT2D eigenvalue weighted by Gasteiger charge is -2.06. The number of aryl methyl sites for hydroxylation is 1. The molecular weight excluding hydrogens is 456 g/mol. The lowest BCUT2D eigenvalue weighted by atomic mass is 10.0. The third-order valence-electron chi connectivity index (χ3n) is 4.76. The van der Waals surface area contributed by atoms with Gasteiger partial charge in [-0.05, 0) is 42.3 Å². The first-order chi connectivity index (χ1) is 14.7. The van der Waals surface area contributed by atoms with E-state index >= 15 is 0 Å². The van der Waals surface area contributed by atoms with E-state index in [-0.39, 0.29) is 21.8 Å². The predicted molar refractivity (Wildman–Crippen MR) is 123 cm³/mol. The second-order valence-electron chi connectivity index (χ2n) is 7.18. The molecule has 0 atom stereocenters. The van der Waals surface area contributed by atoms with Gasteiger partial charge < -0.3 is 0 Å². The molecular formula is C22H17ClN2O4S2. The average Bonchev–Trinajstić information content (AvgIpc) is 3.16. The van der Waals surface area contributed by atoms with Gasteiger partial charge in [-0.25, -0.2) is 8.42 Å². The van der Waals surface area contributed by atoms with Crippen LogP contribution in [0.5, 0.6) is 0 Å². The number of Topliss-reactive ketones (excluding diaryl/α,β-unsaturated/α-hetero) is 1. The van der Waals surface area contributed by atoms with Gasteiger partial charge in [0.15, 0.2) is 15.6 Å². The van der Waals surface area contributed by atoms with Crippen molar-refractivity contribution in [3.05, 3.63) is 80.3 Å². The summed E-state index contributed by atoms with van der Waals surface area (Å²) in [5.41, 5.74) is 3.06. The van der Waals surface area contributed by atoms with Crippen LogP contribution in [-0.2, 0) is 21.1 Å². The molecule has 0 fully saturated rings. The van der Waals surface area contributed by atoms with Gasteiger partial charge in [-0.15, -0.1) is 11.3 Å². The molecule has 6 nitrogen and oxygen atoms in total. The molecule has 0 unspecified atom stereocenters. The zero-order valence-electron chi connectivity index (χ0n) is 16.4. The fourth-order valence-electron chi connectivity index (χ4n) is 3.25. The van der Waals surface area contributed by atoms with E-state index < -0.39 is 21.4 Å². The van der Waals surface area contributed by atoms with Crippen LogP contribution < -0.4 is 5.43 Å². The minimum absolute atomic E-state index is 0.0284. The summed E-state index contributed by atoms with van der Waals surface area (Å²) >= 11 is 6.72. The maximum absolute atomic E-state index is 12.8. The van der Waals surface area contributed by atoms with E-state index in [9.17, 15) is 18.0 Å². The highest BCUT2D eigenvalue weighted by Gasteiger charge is 2.21.